The number of benzene rings is 1. The van der Waals surface area contributed by atoms with E-state index in [-0.39, 0.29) is 17.9 Å². The van der Waals surface area contributed by atoms with Crippen LogP contribution in [-0.2, 0) is 4.74 Å². The Morgan fingerprint density at radius 1 is 1.12 bits per heavy atom. The molecule has 3 rings (SSSR count). The molecule has 1 aliphatic heterocycles. The first-order chi connectivity index (χ1) is 12.7. The van der Waals surface area contributed by atoms with E-state index in [9.17, 15) is 9.59 Å². The highest BCUT2D eigenvalue weighted by molar-refractivity contribution is 5.94. The van der Waals surface area contributed by atoms with E-state index in [0.29, 0.717) is 17.7 Å². The third kappa shape index (κ3) is 4.39. The van der Waals surface area contributed by atoms with Crippen molar-refractivity contribution in [1.82, 2.24) is 10.3 Å². The highest BCUT2D eigenvalue weighted by atomic mass is 16.5. The smallest absolute Gasteiger partial charge is 0.339 e. The highest BCUT2D eigenvalue weighted by Crippen LogP contribution is 2.18. The zero-order valence-corrected chi connectivity index (χ0v) is 14.9. The zero-order chi connectivity index (χ0) is 18.4. The number of esters is 1. The molecule has 0 bridgehead atoms. The van der Waals surface area contributed by atoms with Gasteiger partial charge in [-0.25, -0.2) is 9.78 Å². The van der Waals surface area contributed by atoms with Crippen LogP contribution in [0.25, 0.3) is 0 Å². The Balaban J connectivity index is 1.52. The fourth-order valence-corrected chi connectivity index (χ4v) is 3.02. The van der Waals surface area contributed by atoms with E-state index >= 15 is 0 Å². The number of hydrogen-bond acceptors (Lipinski definition) is 5. The quantitative estimate of drug-likeness (QED) is 0.837. The number of carbonyl (C=O) groups excluding carboxylic acids is 2. The highest BCUT2D eigenvalue weighted by Gasteiger charge is 2.22. The first-order valence-electron chi connectivity index (χ1n) is 8.91. The molecule has 0 unspecified atom stereocenters. The maximum absolute atomic E-state index is 12.2. The van der Waals surface area contributed by atoms with Crippen LogP contribution in [0.2, 0.25) is 0 Å². The first-order valence-corrected chi connectivity index (χ1v) is 8.91. The lowest BCUT2D eigenvalue weighted by atomic mass is 10.0. The molecule has 1 amide bonds. The number of rotatable bonds is 5. The summed E-state index contributed by atoms with van der Waals surface area (Å²) in [7, 11) is 0. The average molecular weight is 353 g/mol. The molecule has 1 aromatic heterocycles. The molecule has 6 nitrogen and oxygen atoms in total. The molecule has 2 heterocycles. The van der Waals surface area contributed by atoms with E-state index in [1.165, 1.54) is 0 Å². The van der Waals surface area contributed by atoms with E-state index in [1.54, 1.807) is 19.2 Å². The number of anilines is 1. The summed E-state index contributed by atoms with van der Waals surface area (Å²) >= 11 is 0. The number of hydrogen-bond donors (Lipinski definition) is 1. The minimum atomic E-state index is -0.353. The van der Waals surface area contributed by atoms with Crippen LogP contribution in [0.5, 0.6) is 0 Å². The summed E-state index contributed by atoms with van der Waals surface area (Å²) < 4.78 is 4.97. The lowest BCUT2D eigenvalue weighted by molar-refractivity contribution is 0.0525. The van der Waals surface area contributed by atoms with E-state index in [0.717, 1.165) is 31.7 Å². The van der Waals surface area contributed by atoms with Crippen molar-refractivity contribution in [1.29, 1.82) is 0 Å². The lowest BCUT2D eigenvalue weighted by Gasteiger charge is -2.33. The Kier molecular flexibility index (Phi) is 5.84. The molecule has 0 aliphatic carbocycles. The Morgan fingerprint density at radius 2 is 1.85 bits per heavy atom. The van der Waals surface area contributed by atoms with E-state index in [4.69, 9.17) is 4.74 Å². The Bertz CT molecular complexity index is 739. The topological polar surface area (TPSA) is 71.5 Å². The molecule has 1 fully saturated rings. The van der Waals surface area contributed by atoms with Gasteiger partial charge >= 0.3 is 5.97 Å². The van der Waals surface area contributed by atoms with Gasteiger partial charge in [-0.3, -0.25) is 4.79 Å². The van der Waals surface area contributed by atoms with Crippen LogP contribution in [0.4, 0.5) is 5.82 Å². The molecule has 0 saturated carbocycles. The predicted molar refractivity (Wildman–Crippen MR) is 99.3 cm³/mol. The van der Waals surface area contributed by atoms with Gasteiger partial charge in [-0.15, -0.1) is 0 Å². The Morgan fingerprint density at radius 3 is 2.46 bits per heavy atom. The van der Waals surface area contributed by atoms with Crippen molar-refractivity contribution in [3.63, 3.8) is 0 Å². The molecule has 6 heteroatoms. The van der Waals surface area contributed by atoms with Gasteiger partial charge in [0.05, 0.1) is 12.2 Å². The summed E-state index contributed by atoms with van der Waals surface area (Å²) in [5.41, 5.74) is 1.15. The number of aromatic nitrogens is 1. The SMILES string of the molecule is CCOC(=O)c1ccc(N2CCC(NC(=O)c3ccccc3)CC2)nc1. The van der Waals surface area contributed by atoms with Gasteiger partial charge in [0.15, 0.2) is 0 Å². The minimum Gasteiger partial charge on any atom is -0.462 e. The molecule has 2 aromatic rings. The van der Waals surface area contributed by atoms with Gasteiger partial charge in [0, 0.05) is 30.9 Å². The molecule has 1 aliphatic rings. The van der Waals surface area contributed by atoms with Gasteiger partial charge in [0.1, 0.15) is 5.82 Å². The van der Waals surface area contributed by atoms with Crippen LogP contribution in [0.3, 0.4) is 0 Å². The molecular weight excluding hydrogens is 330 g/mol. The van der Waals surface area contributed by atoms with E-state index in [1.807, 2.05) is 36.4 Å². The van der Waals surface area contributed by atoms with Crippen molar-refractivity contribution in [3.8, 4) is 0 Å². The number of nitrogens with zero attached hydrogens (tertiary/aromatic N) is 2. The van der Waals surface area contributed by atoms with Crippen molar-refractivity contribution in [2.24, 2.45) is 0 Å². The van der Waals surface area contributed by atoms with E-state index < -0.39 is 0 Å². The number of carbonyl (C=O) groups is 2. The fourth-order valence-electron chi connectivity index (χ4n) is 3.02. The largest absolute Gasteiger partial charge is 0.462 e. The number of amides is 1. The lowest BCUT2D eigenvalue weighted by Crippen LogP contribution is -2.45. The minimum absolute atomic E-state index is 0.0269. The van der Waals surface area contributed by atoms with Crippen molar-refractivity contribution in [2.45, 2.75) is 25.8 Å². The molecule has 1 aromatic carbocycles. The molecule has 136 valence electrons. The summed E-state index contributed by atoms with van der Waals surface area (Å²) in [6, 6.07) is 13.0. The van der Waals surface area contributed by atoms with Crippen LogP contribution in [-0.4, -0.2) is 42.6 Å². The van der Waals surface area contributed by atoms with Crippen LogP contribution < -0.4 is 10.2 Å². The summed E-state index contributed by atoms with van der Waals surface area (Å²) in [5, 5.41) is 3.10. The molecule has 1 saturated heterocycles. The van der Waals surface area contributed by atoms with Crippen molar-refractivity contribution >= 4 is 17.7 Å². The summed E-state index contributed by atoms with van der Waals surface area (Å²) in [4.78, 5) is 30.5. The Hall–Kier alpha value is -2.89. The van der Waals surface area contributed by atoms with Crippen molar-refractivity contribution in [3.05, 3.63) is 59.8 Å². The molecule has 26 heavy (non-hydrogen) atoms. The maximum Gasteiger partial charge on any atom is 0.339 e. The van der Waals surface area contributed by atoms with Crippen LogP contribution >= 0.6 is 0 Å². The molecule has 0 radical (unpaired) electrons. The number of pyridine rings is 1. The molecule has 1 N–H and O–H groups in total. The second-order valence-electron chi connectivity index (χ2n) is 6.23. The first kappa shape index (κ1) is 17.9. The van der Waals surface area contributed by atoms with Gasteiger partial charge in [-0.2, -0.15) is 0 Å². The predicted octanol–water partition coefficient (Wildman–Crippen LogP) is 2.66. The Labute approximate surface area is 153 Å². The third-order valence-corrected chi connectivity index (χ3v) is 4.45. The summed E-state index contributed by atoms with van der Waals surface area (Å²) in [6.07, 6.45) is 3.27. The maximum atomic E-state index is 12.2. The van der Waals surface area contributed by atoms with E-state index in [2.05, 4.69) is 15.2 Å². The average Bonchev–Trinajstić information content (AvgIpc) is 2.69. The second kappa shape index (κ2) is 8.47. The van der Waals surface area contributed by atoms with Crippen molar-refractivity contribution < 1.29 is 14.3 Å². The number of nitrogens with one attached hydrogen (secondary N) is 1. The standard InChI is InChI=1S/C20H23N3O3/c1-2-26-20(25)16-8-9-18(21-14-16)23-12-10-17(11-13-23)22-19(24)15-6-4-3-5-7-15/h3-9,14,17H,2,10-13H2,1H3,(H,22,24). The third-order valence-electron chi connectivity index (χ3n) is 4.45. The summed E-state index contributed by atoms with van der Waals surface area (Å²) in [6.45, 7) is 3.75. The van der Waals surface area contributed by atoms with Crippen molar-refractivity contribution in [2.75, 3.05) is 24.6 Å². The van der Waals surface area contributed by atoms with Crippen LogP contribution in [0, 0.1) is 0 Å². The van der Waals surface area contributed by atoms with Gasteiger partial charge in [0.2, 0.25) is 0 Å². The zero-order valence-electron chi connectivity index (χ0n) is 14.9. The van der Waals surface area contributed by atoms with Gasteiger partial charge in [0.25, 0.3) is 5.91 Å². The monoisotopic (exact) mass is 353 g/mol. The molecular formula is C20H23N3O3. The summed E-state index contributed by atoms with van der Waals surface area (Å²) in [5.74, 6) is 0.459. The van der Waals surface area contributed by atoms with Crippen LogP contribution in [0.1, 0.15) is 40.5 Å². The van der Waals surface area contributed by atoms with Gasteiger partial charge in [-0.05, 0) is 44.0 Å². The fraction of sp³-hybridized carbons (Fsp3) is 0.350. The van der Waals surface area contributed by atoms with Gasteiger partial charge < -0.3 is 15.0 Å². The van der Waals surface area contributed by atoms with Crippen LogP contribution in [0.15, 0.2) is 48.7 Å². The molecule has 0 atom stereocenters. The molecule has 0 spiro atoms. The second-order valence-corrected chi connectivity index (χ2v) is 6.23. The normalized spacial score (nSPS) is 14.7. The number of ether oxygens (including phenoxy) is 1. The number of piperidine rings is 1. The van der Waals surface area contributed by atoms with Gasteiger partial charge in [-0.1, -0.05) is 18.2 Å².